The van der Waals surface area contributed by atoms with Crippen LogP contribution in [0, 0.1) is 0 Å². The van der Waals surface area contributed by atoms with Crippen LogP contribution in [0.15, 0.2) is 0 Å². The van der Waals surface area contributed by atoms with Crippen LogP contribution < -0.4 is 5.32 Å². The van der Waals surface area contributed by atoms with Crippen molar-refractivity contribution in [2.45, 2.75) is 32.1 Å². The van der Waals surface area contributed by atoms with Gasteiger partial charge in [0.05, 0.1) is 0 Å². The second-order valence-corrected chi connectivity index (χ2v) is 2.72. The molecule has 0 saturated heterocycles. The standard InChI is InChI=1S/C8H17NO3/c10-7-5-3-1-2-4-6-9-8(11)12/h9-10H,1-7H2,(H,11,12). The SMILES string of the molecule is O=C(O)NCCCCCCCO. The van der Waals surface area contributed by atoms with Crippen molar-refractivity contribution in [3.63, 3.8) is 0 Å². The molecule has 0 atom stereocenters. The van der Waals surface area contributed by atoms with Gasteiger partial charge >= 0.3 is 6.09 Å². The molecule has 0 bridgehead atoms. The summed E-state index contributed by atoms with van der Waals surface area (Å²) in [5.41, 5.74) is 0. The molecule has 0 aromatic heterocycles. The number of hydrogen-bond acceptors (Lipinski definition) is 2. The quantitative estimate of drug-likeness (QED) is 0.509. The minimum atomic E-state index is -0.953. The van der Waals surface area contributed by atoms with Gasteiger partial charge in [-0.25, -0.2) is 4.79 Å². The zero-order chi connectivity index (χ0) is 9.23. The number of aliphatic hydroxyl groups is 1. The fourth-order valence-electron chi connectivity index (χ4n) is 0.962. The summed E-state index contributed by atoms with van der Waals surface area (Å²) in [6.45, 7) is 0.793. The Labute approximate surface area is 72.6 Å². The van der Waals surface area contributed by atoms with Crippen molar-refractivity contribution in [1.82, 2.24) is 5.32 Å². The molecule has 4 heteroatoms. The summed E-state index contributed by atoms with van der Waals surface area (Å²) < 4.78 is 0. The molecule has 0 aliphatic carbocycles. The molecule has 0 radical (unpaired) electrons. The normalized spacial score (nSPS) is 9.75. The molecular weight excluding hydrogens is 158 g/mol. The highest BCUT2D eigenvalue weighted by molar-refractivity contribution is 5.64. The second-order valence-electron chi connectivity index (χ2n) is 2.72. The predicted molar refractivity (Wildman–Crippen MR) is 46.2 cm³/mol. The predicted octanol–water partition coefficient (Wildman–Crippen LogP) is 1.20. The zero-order valence-corrected chi connectivity index (χ0v) is 7.25. The number of amides is 1. The summed E-state index contributed by atoms with van der Waals surface area (Å²) in [6.07, 6.45) is 3.92. The molecule has 0 rings (SSSR count). The third-order valence-electron chi connectivity index (χ3n) is 1.61. The third-order valence-corrected chi connectivity index (χ3v) is 1.61. The van der Waals surface area contributed by atoms with Crippen LogP contribution in [0.3, 0.4) is 0 Å². The molecule has 12 heavy (non-hydrogen) atoms. The molecule has 0 heterocycles. The minimum absolute atomic E-state index is 0.257. The highest BCUT2D eigenvalue weighted by atomic mass is 16.4. The summed E-state index contributed by atoms with van der Waals surface area (Å²) >= 11 is 0. The third kappa shape index (κ3) is 9.23. The van der Waals surface area contributed by atoms with Crippen LogP contribution in [0.5, 0.6) is 0 Å². The fraction of sp³-hybridized carbons (Fsp3) is 0.875. The van der Waals surface area contributed by atoms with Crippen LogP contribution in [0.1, 0.15) is 32.1 Å². The van der Waals surface area contributed by atoms with Gasteiger partial charge in [-0.1, -0.05) is 19.3 Å². The zero-order valence-electron chi connectivity index (χ0n) is 7.25. The van der Waals surface area contributed by atoms with E-state index in [-0.39, 0.29) is 6.61 Å². The van der Waals surface area contributed by atoms with Gasteiger partial charge in [-0.3, -0.25) is 0 Å². The van der Waals surface area contributed by atoms with Crippen LogP contribution in [-0.4, -0.2) is 29.5 Å². The average molecular weight is 175 g/mol. The van der Waals surface area contributed by atoms with Crippen molar-refractivity contribution in [3.8, 4) is 0 Å². The number of carboxylic acid groups (broad SMARTS) is 1. The second kappa shape index (κ2) is 8.33. The summed E-state index contributed by atoms with van der Waals surface area (Å²) in [7, 11) is 0. The molecule has 4 nitrogen and oxygen atoms in total. The number of hydrogen-bond donors (Lipinski definition) is 3. The average Bonchev–Trinajstić information content (AvgIpc) is 2.02. The van der Waals surface area contributed by atoms with Crippen molar-refractivity contribution in [3.05, 3.63) is 0 Å². The number of aliphatic hydroxyl groups excluding tert-OH is 1. The summed E-state index contributed by atoms with van der Waals surface area (Å²) in [5.74, 6) is 0. The van der Waals surface area contributed by atoms with Crippen molar-refractivity contribution >= 4 is 6.09 Å². The van der Waals surface area contributed by atoms with Gasteiger partial charge in [0.25, 0.3) is 0 Å². The Morgan fingerprint density at radius 1 is 1.08 bits per heavy atom. The van der Waals surface area contributed by atoms with Gasteiger partial charge in [0.2, 0.25) is 0 Å². The fourth-order valence-corrected chi connectivity index (χ4v) is 0.962. The first-order valence-corrected chi connectivity index (χ1v) is 4.35. The van der Waals surface area contributed by atoms with E-state index in [4.69, 9.17) is 10.2 Å². The molecule has 0 spiro atoms. The monoisotopic (exact) mass is 175 g/mol. The summed E-state index contributed by atoms with van der Waals surface area (Å²) in [5, 5.41) is 19.0. The number of rotatable bonds is 7. The van der Waals surface area contributed by atoms with Gasteiger partial charge in [-0.05, 0) is 12.8 Å². The Morgan fingerprint density at radius 2 is 1.67 bits per heavy atom. The van der Waals surface area contributed by atoms with E-state index in [9.17, 15) is 4.79 Å². The smallest absolute Gasteiger partial charge is 0.404 e. The number of unbranched alkanes of at least 4 members (excludes halogenated alkanes) is 4. The van der Waals surface area contributed by atoms with Crippen LogP contribution in [-0.2, 0) is 0 Å². The maximum atomic E-state index is 9.99. The van der Waals surface area contributed by atoms with Crippen molar-refractivity contribution < 1.29 is 15.0 Å². The molecule has 1 amide bonds. The Morgan fingerprint density at radius 3 is 2.25 bits per heavy atom. The number of carbonyl (C=O) groups is 1. The Balaban J connectivity index is 2.86. The molecule has 0 saturated carbocycles. The van der Waals surface area contributed by atoms with Crippen molar-refractivity contribution in [2.24, 2.45) is 0 Å². The van der Waals surface area contributed by atoms with Gasteiger partial charge in [0, 0.05) is 13.2 Å². The molecule has 0 aliphatic rings. The Hall–Kier alpha value is -0.770. The Kier molecular flexibility index (Phi) is 7.79. The molecular formula is C8H17NO3. The molecule has 0 aromatic carbocycles. The highest BCUT2D eigenvalue weighted by Crippen LogP contribution is 2.01. The minimum Gasteiger partial charge on any atom is -0.465 e. The lowest BCUT2D eigenvalue weighted by molar-refractivity contribution is 0.194. The summed E-state index contributed by atoms with van der Waals surface area (Å²) in [4.78, 5) is 9.99. The van der Waals surface area contributed by atoms with Crippen LogP contribution in [0.25, 0.3) is 0 Å². The van der Waals surface area contributed by atoms with E-state index in [1.807, 2.05) is 0 Å². The van der Waals surface area contributed by atoms with Gasteiger partial charge in [-0.15, -0.1) is 0 Å². The Bertz CT molecular complexity index is 117. The maximum Gasteiger partial charge on any atom is 0.404 e. The lowest BCUT2D eigenvalue weighted by Gasteiger charge is -2.00. The van der Waals surface area contributed by atoms with Gasteiger partial charge in [0.1, 0.15) is 0 Å². The molecule has 0 aliphatic heterocycles. The summed E-state index contributed by atoms with van der Waals surface area (Å²) in [6, 6.07) is 0. The number of nitrogens with one attached hydrogen (secondary N) is 1. The van der Waals surface area contributed by atoms with Gasteiger partial charge < -0.3 is 15.5 Å². The maximum absolute atomic E-state index is 9.99. The molecule has 0 aromatic rings. The topological polar surface area (TPSA) is 69.6 Å². The van der Waals surface area contributed by atoms with E-state index in [1.54, 1.807) is 0 Å². The van der Waals surface area contributed by atoms with Gasteiger partial charge in [-0.2, -0.15) is 0 Å². The largest absolute Gasteiger partial charge is 0.465 e. The highest BCUT2D eigenvalue weighted by Gasteiger charge is 1.93. The van der Waals surface area contributed by atoms with E-state index in [0.29, 0.717) is 6.54 Å². The van der Waals surface area contributed by atoms with E-state index in [0.717, 1.165) is 32.1 Å². The van der Waals surface area contributed by atoms with Gasteiger partial charge in [0.15, 0.2) is 0 Å². The molecule has 3 N–H and O–H groups in total. The van der Waals surface area contributed by atoms with Crippen LogP contribution in [0.4, 0.5) is 4.79 Å². The van der Waals surface area contributed by atoms with Crippen molar-refractivity contribution in [2.75, 3.05) is 13.2 Å². The van der Waals surface area contributed by atoms with Crippen LogP contribution in [0.2, 0.25) is 0 Å². The van der Waals surface area contributed by atoms with E-state index >= 15 is 0 Å². The molecule has 0 fully saturated rings. The van der Waals surface area contributed by atoms with Crippen LogP contribution >= 0.6 is 0 Å². The van der Waals surface area contributed by atoms with Crippen molar-refractivity contribution in [1.29, 1.82) is 0 Å². The lowest BCUT2D eigenvalue weighted by atomic mass is 10.1. The first-order chi connectivity index (χ1) is 5.77. The lowest BCUT2D eigenvalue weighted by Crippen LogP contribution is -2.21. The van der Waals surface area contributed by atoms with E-state index in [2.05, 4.69) is 5.32 Å². The van der Waals surface area contributed by atoms with E-state index < -0.39 is 6.09 Å². The first kappa shape index (κ1) is 11.2. The first-order valence-electron chi connectivity index (χ1n) is 4.35. The molecule has 0 unspecified atom stereocenters. The molecule has 72 valence electrons. The van der Waals surface area contributed by atoms with E-state index in [1.165, 1.54) is 0 Å².